The van der Waals surface area contributed by atoms with Gasteiger partial charge >= 0.3 is 0 Å². The molecule has 0 unspecified atom stereocenters. The minimum Gasteiger partial charge on any atom is -0.309 e. The SMILES string of the molecule is c1ccc(-n2c3ccccc3c3cc(-c4ccc5c6ccccc6n(-c6ccc(-c7nc(-c8cccc(-n9c%10ccccc%10c%10ccc(-c%11ccc%12c(c%11)c%11ccccc%11n%12-c%11ccccc%11)cc%109)c8)c8ccc9ccccc9c8n7)cc6)c5c4)ccc32)cc1. The van der Waals surface area contributed by atoms with Crippen LogP contribution in [0.3, 0.4) is 0 Å². The summed E-state index contributed by atoms with van der Waals surface area (Å²) >= 11 is 0. The van der Waals surface area contributed by atoms with Gasteiger partial charge in [-0.25, -0.2) is 9.97 Å². The lowest BCUT2D eigenvalue weighted by Gasteiger charge is -2.14. The van der Waals surface area contributed by atoms with Crippen LogP contribution in [0, 0.1) is 0 Å². The number of nitrogens with zero attached hydrogens (tertiary/aromatic N) is 6. The molecule has 5 heterocycles. The average Bonchev–Trinajstić information content (AvgIpc) is 1.53. The number of fused-ring (bicyclic) bond motifs is 15. The van der Waals surface area contributed by atoms with Crippen molar-refractivity contribution in [2.24, 2.45) is 0 Å². The first-order valence-corrected chi connectivity index (χ1v) is 30.8. The largest absolute Gasteiger partial charge is 0.309 e. The lowest BCUT2D eigenvalue weighted by atomic mass is 10.0. The minimum absolute atomic E-state index is 0.671. The molecule has 0 aliphatic rings. The molecule has 90 heavy (non-hydrogen) atoms. The summed E-state index contributed by atoms with van der Waals surface area (Å²) in [4.78, 5) is 11.1. The van der Waals surface area contributed by atoms with Crippen molar-refractivity contribution in [1.29, 1.82) is 0 Å². The van der Waals surface area contributed by atoms with E-state index in [9.17, 15) is 0 Å². The molecule has 0 amide bonds. The summed E-state index contributed by atoms with van der Waals surface area (Å²) in [7, 11) is 0. The molecule has 418 valence electrons. The molecule has 5 aromatic heterocycles. The highest BCUT2D eigenvalue weighted by molar-refractivity contribution is 6.15. The van der Waals surface area contributed by atoms with E-state index in [1.807, 2.05) is 0 Å². The van der Waals surface area contributed by atoms with Crippen molar-refractivity contribution < 1.29 is 0 Å². The number of hydrogen-bond donors (Lipinski definition) is 0. The number of rotatable bonds is 8. The summed E-state index contributed by atoms with van der Waals surface area (Å²) in [6.07, 6.45) is 0. The summed E-state index contributed by atoms with van der Waals surface area (Å²) < 4.78 is 9.59. The Balaban J connectivity index is 0.726. The van der Waals surface area contributed by atoms with Gasteiger partial charge in [0.05, 0.1) is 55.3 Å². The Morgan fingerprint density at radius 3 is 1.11 bits per heavy atom. The lowest BCUT2D eigenvalue weighted by Crippen LogP contribution is -1.99. The second kappa shape index (κ2) is 19.7. The Kier molecular flexibility index (Phi) is 11.0. The predicted molar refractivity (Wildman–Crippen MR) is 376 cm³/mol. The van der Waals surface area contributed by atoms with Crippen molar-refractivity contribution in [3.05, 3.63) is 315 Å². The molecule has 0 radical (unpaired) electrons. The maximum atomic E-state index is 5.58. The third-order valence-corrected chi connectivity index (χ3v) is 18.7. The molecule has 0 aliphatic carbocycles. The van der Waals surface area contributed by atoms with Crippen molar-refractivity contribution in [2.45, 2.75) is 0 Å². The van der Waals surface area contributed by atoms with Crippen LogP contribution in [0.4, 0.5) is 0 Å². The zero-order valence-corrected chi connectivity index (χ0v) is 48.7. The second-order valence-corrected chi connectivity index (χ2v) is 23.7. The molecule has 0 bridgehead atoms. The van der Waals surface area contributed by atoms with E-state index in [-0.39, 0.29) is 0 Å². The van der Waals surface area contributed by atoms with Crippen LogP contribution in [0.25, 0.3) is 177 Å². The molecule has 19 aromatic rings. The molecule has 6 nitrogen and oxygen atoms in total. The fraction of sp³-hybridized carbons (Fsp3) is 0. The highest BCUT2D eigenvalue weighted by Crippen LogP contribution is 2.43. The van der Waals surface area contributed by atoms with Gasteiger partial charge in [-0.15, -0.1) is 0 Å². The Hall–Kier alpha value is -12.1. The molecule has 0 atom stereocenters. The van der Waals surface area contributed by atoms with Gasteiger partial charge in [0, 0.05) is 87.7 Å². The average molecular weight is 1150 g/mol. The van der Waals surface area contributed by atoms with Crippen LogP contribution < -0.4 is 0 Å². The monoisotopic (exact) mass is 1140 g/mol. The van der Waals surface area contributed by atoms with E-state index >= 15 is 0 Å². The van der Waals surface area contributed by atoms with Gasteiger partial charge in [-0.1, -0.05) is 188 Å². The summed E-state index contributed by atoms with van der Waals surface area (Å²) in [5.41, 5.74) is 22.2. The lowest BCUT2D eigenvalue weighted by molar-refractivity contribution is 1.17. The van der Waals surface area contributed by atoms with Gasteiger partial charge in [0.15, 0.2) is 5.82 Å². The fourth-order valence-corrected chi connectivity index (χ4v) is 14.6. The van der Waals surface area contributed by atoms with Gasteiger partial charge in [-0.05, 0) is 155 Å². The molecule has 19 rings (SSSR count). The normalized spacial score (nSPS) is 12.0. The van der Waals surface area contributed by atoms with E-state index in [1.165, 1.54) is 76.3 Å². The summed E-state index contributed by atoms with van der Waals surface area (Å²) in [5.74, 6) is 0.671. The van der Waals surface area contributed by atoms with Crippen molar-refractivity contribution in [3.8, 4) is 67.6 Å². The first-order valence-electron chi connectivity index (χ1n) is 30.8. The zero-order valence-electron chi connectivity index (χ0n) is 48.7. The van der Waals surface area contributed by atoms with Crippen LogP contribution in [0.1, 0.15) is 0 Å². The standard InChI is InChI=1S/C84H52N6/c1-3-20-60(21-4-1)87-76-32-15-11-28-67(76)72-49-55(39-46-78(72)87)57-37-43-69-65-26-9-13-30-74(65)89(80(69)51-57)62-41-34-54(35-42-62)84-85-82(71-45-36-53-18-7-8-25-64(53)83(71)86-84)59-19-17-24-63(48-59)90-75-31-14-10-27-66(75)70-44-38-58(52-81(70)90)56-40-47-79-73(50-56)68-29-12-16-33-77(68)88(79)61-22-5-2-6-23-61/h1-52H. The first kappa shape index (κ1) is 50.1. The maximum Gasteiger partial charge on any atom is 0.160 e. The molecule has 0 spiro atoms. The molecular formula is C84H52N6. The van der Waals surface area contributed by atoms with Crippen molar-refractivity contribution in [2.75, 3.05) is 0 Å². The molecule has 0 aliphatic heterocycles. The Morgan fingerprint density at radius 2 is 0.567 bits per heavy atom. The molecular weight excluding hydrogens is 1090 g/mol. The predicted octanol–water partition coefficient (Wildman–Crippen LogP) is 21.8. The summed E-state index contributed by atoms with van der Waals surface area (Å²) in [6, 6.07) is 115. The van der Waals surface area contributed by atoms with Crippen LogP contribution in [0.15, 0.2) is 315 Å². The van der Waals surface area contributed by atoms with Crippen LogP contribution in [-0.2, 0) is 0 Å². The van der Waals surface area contributed by atoms with Crippen molar-refractivity contribution in [3.63, 3.8) is 0 Å². The highest BCUT2D eigenvalue weighted by Gasteiger charge is 2.21. The van der Waals surface area contributed by atoms with Crippen LogP contribution in [-0.4, -0.2) is 28.2 Å². The Labute approximate surface area is 517 Å². The van der Waals surface area contributed by atoms with E-state index in [4.69, 9.17) is 9.97 Å². The number of aromatic nitrogens is 6. The van der Waals surface area contributed by atoms with Gasteiger partial charge in [0.1, 0.15) is 0 Å². The fourth-order valence-electron chi connectivity index (χ4n) is 14.6. The van der Waals surface area contributed by atoms with E-state index < -0.39 is 0 Å². The molecule has 6 heteroatoms. The smallest absolute Gasteiger partial charge is 0.160 e. The first-order chi connectivity index (χ1) is 44.6. The van der Waals surface area contributed by atoms with E-state index in [2.05, 4.69) is 334 Å². The molecule has 0 saturated heterocycles. The van der Waals surface area contributed by atoms with Crippen molar-refractivity contribution in [1.82, 2.24) is 28.2 Å². The summed E-state index contributed by atoms with van der Waals surface area (Å²) in [5, 5.41) is 13.0. The van der Waals surface area contributed by atoms with E-state index in [0.29, 0.717) is 5.82 Å². The molecule has 0 saturated carbocycles. The van der Waals surface area contributed by atoms with Gasteiger partial charge in [-0.3, -0.25) is 0 Å². The molecule has 0 fully saturated rings. The topological polar surface area (TPSA) is 45.5 Å². The maximum absolute atomic E-state index is 5.58. The van der Waals surface area contributed by atoms with E-state index in [1.54, 1.807) is 0 Å². The molecule has 14 aromatic carbocycles. The van der Waals surface area contributed by atoms with E-state index in [0.717, 1.165) is 94.4 Å². The second-order valence-electron chi connectivity index (χ2n) is 23.7. The Bertz CT molecular complexity index is 6140. The highest BCUT2D eigenvalue weighted by atomic mass is 15.0. The number of para-hydroxylation sites is 6. The van der Waals surface area contributed by atoms with Crippen LogP contribution in [0.5, 0.6) is 0 Å². The van der Waals surface area contributed by atoms with Gasteiger partial charge in [-0.2, -0.15) is 0 Å². The third-order valence-electron chi connectivity index (χ3n) is 18.7. The minimum atomic E-state index is 0.671. The van der Waals surface area contributed by atoms with Gasteiger partial charge in [0.2, 0.25) is 0 Å². The van der Waals surface area contributed by atoms with Crippen LogP contribution >= 0.6 is 0 Å². The molecule has 0 N–H and O–H groups in total. The Morgan fingerprint density at radius 1 is 0.189 bits per heavy atom. The van der Waals surface area contributed by atoms with Crippen LogP contribution in [0.2, 0.25) is 0 Å². The quantitative estimate of drug-likeness (QED) is 0.142. The zero-order chi connectivity index (χ0) is 59.0. The van der Waals surface area contributed by atoms with Gasteiger partial charge in [0.25, 0.3) is 0 Å². The number of hydrogen-bond acceptors (Lipinski definition) is 2. The third kappa shape index (κ3) is 7.65. The summed E-state index contributed by atoms with van der Waals surface area (Å²) in [6.45, 7) is 0. The number of benzene rings is 14. The van der Waals surface area contributed by atoms with Gasteiger partial charge < -0.3 is 18.3 Å². The van der Waals surface area contributed by atoms with Crippen molar-refractivity contribution >= 4 is 109 Å².